The minimum atomic E-state index is -0.102. The van der Waals surface area contributed by atoms with Crippen molar-refractivity contribution < 1.29 is 14.1 Å². The topological polar surface area (TPSA) is 94.8 Å². The molecule has 0 saturated carbocycles. The summed E-state index contributed by atoms with van der Waals surface area (Å²) in [4.78, 5) is 32.5. The SMILES string of the molecule is Cc1nc(-c2ccc(N(CC(=O)NCCCC(C)C)CC(=O)N(C)N3Cc4ccccc4C3)c(C)c2)no1. The number of rotatable bonds is 11. The quantitative estimate of drug-likeness (QED) is 0.382. The molecule has 2 amide bonds. The minimum Gasteiger partial charge on any atom is -0.355 e. The molecule has 0 radical (unpaired) electrons. The highest BCUT2D eigenvalue weighted by molar-refractivity contribution is 5.87. The van der Waals surface area contributed by atoms with E-state index in [4.69, 9.17) is 4.52 Å². The molecule has 1 N–H and O–H groups in total. The number of likely N-dealkylation sites (N-methyl/N-ethyl adjacent to an activating group) is 1. The predicted octanol–water partition coefficient (Wildman–Crippen LogP) is 4.10. The van der Waals surface area contributed by atoms with Gasteiger partial charge in [-0.15, -0.1) is 0 Å². The smallest absolute Gasteiger partial charge is 0.256 e. The monoisotopic (exact) mass is 518 g/mol. The molecule has 0 atom stereocenters. The second-order valence-electron chi connectivity index (χ2n) is 10.4. The lowest BCUT2D eigenvalue weighted by Gasteiger charge is -2.32. The number of carbonyl (C=O) groups excluding carboxylic acids is 2. The molecule has 9 nitrogen and oxygen atoms in total. The number of amides is 2. The van der Waals surface area contributed by atoms with Crippen LogP contribution in [0.5, 0.6) is 0 Å². The van der Waals surface area contributed by atoms with E-state index < -0.39 is 0 Å². The van der Waals surface area contributed by atoms with Crippen LogP contribution in [0.25, 0.3) is 11.4 Å². The average molecular weight is 519 g/mol. The molecule has 0 spiro atoms. The lowest BCUT2D eigenvalue weighted by molar-refractivity contribution is -0.145. The van der Waals surface area contributed by atoms with E-state index in [9.17, 15) is 9.59 Å². The van der Waals surface area contributed by atoms with E-state index in [-0.39, 0.29) is 24.9 Å². The van der Waals surface area contributed by atoms with E-state index in [2.05, 4.69) is 41.4 Å². The lowest BCUT2D eigenvalue weighted by Crippen LogP contribution is -2.48. The number of hydrazine groups is 1. The first kappa shape index (κ1) is 27.3. The van der Waals surface area contributed by atoms with Gasteiger partial charge >= 0.3 is 0 Å². The Hall–Kier alpha value is -3.72. The fourth-order valence-electron chi connectivity index (χ4n) is 4.71. The van der Waals surface area contributed by atoms with E-state index in [1.54, 1.807) is 19.0 Å². The molecule has 202 valence electrons. The molecule has 38 heavy (non-hydrogen) atoms. The summed E-state index contributed by atoms with van der Waals surface area (Å²) in [5.74, 6) is 1.42. The van der Waals surface area contributed by atoms with Crippen LogP contribution in [-0.2, 0) is 22.7 Å². The molecule has 0 aliphatic carbocycles. The highest BCUT2D eigenvalue weighted by Crippen LogP contribution is 2.27. The van der Waals surface area contributed by atoms with Crippen molar-refractivity contribution in [2.24, 2.45) is 5.92 Å². The first-order chi connectivity index (χ1) is 18.2. The molecule has 1 aliphatic rings. The summed E-state index contributed by atoms with van der Waals surface area (Å²) in [7, 11) is 1.80. The molecule has 3 aromatic rings. The van der Waals surface area contributed by atoms with Crippen LogP contribution < -0.4 is 10.2 Å². The van der Waals surface area contributed by atoms with Crippen LogP contribution in [0.15, 0.2) is 47.0 Å². The van der Waals surface area contributed by atoms with Crippen LogP contribution >= 0.6 is 0 Å². The summed E-state index contributed by atoms with van der Waals surface area (Å²) >= 11 is 0. The van der Waals surface area contributed by atoms with Crippen molar-refractivity contribution in [3.05, 3.63) is 65.0 Å². The zero-order valence-electron chi connectivity index (χ0n) is 23.0. The molecule has 1 aromatic heterocycles. The Morgan fingerprint density at radius 3 is 2.39 bits per heavy atom. The Balaban J connectivity index is 1.49. The highest BCUT2D eigenvalue weighted by Gasteiger charge is 2.27. The summed E-state index contributed by atoms with van der Waals surface area (Å²) in [5.41, 5.74) is 5.01. The third-order valence-corrected chi connectivity index (χ3v) is 6.87. The molecule has 2 heterocycles. The van der Waals surface area contributed by atoms with Crippen LogP contribution in [0.3, 0.4) is 0 Å². The van der Waals surface area contributed by atoms with Gasteiger partial charge in [0.1, 0.15) is 0 Å². The van der Waals surface area contributed by atoms with Gasteiger partial charge in [0.15, 0.2) is 0 Å². The summed E-state index contributed by atoms with van der Waals surface area (Å²) in [6.07, 6.45) is 1.99. The summed E-state index contributed by atoms with van der Waals surface area (Å²) < 4.78 is 5.12. The number of nitrogens with one attached hydrogen (secondary N) is 1. The van der Waals surface area contributed by atoms with Gasteiger partial charge in [-0.2, -0.15) is 4.98 Å². The number of hydrogen-bond donors (Lipinski definition) is 1. The first-order valence-electron chi connectivity index (χ1n) is 13.2. The summed E-state index contributed by atoms with van der Waals surface area (Å²) in [6, 6.07) is 14.0. The Kier molecular flexibility index (Phi) is 8.78. The standard InChI is InChI=1S/C29H38N6O3/c1-20(2)9-8-14-30-27(36)18-34(26-13-12-23(15-21(26)3)29-31-22(4)38-32-29)19-28(37)33(5)35-16-24-10-6-7-11-25(24)17-35/h6-7,10-13,15,20H,8-9,14,16-19H2,1-5H3,(H,30,36). The molecule has 9 heteroatoms. The van der Waals surface area contributed by atoms with Gasteiger partial charge in [0.25, 0.3) is 5.91 Å². The Bertz CT molecular complexity index is 1250. The third-order valence-electron chi connectivity index (χ3n) is 6.87. The zero-order chi connectivity index (χ0) is 27.2. The van der Waals surface area contributed by atoms with E-state index in [0.29, 0.717) is 37.3 Å². The molecular formula is C29H38N6O3. The maximum atomic E-state index is 13.5. The summed E-state index contributed by atoms with van der Waals surface area (Å²) in [5, 5.41) is 10.7. The van der Waals surface area contributed by atoms with Crippen LogP contribution in [0, 0.1) is 19.8 Å². The number of aromatic nitrogens is 2. The second kappa shape index (κ2) is 12.2. The van der Waals surface area contributed by atoms with Crippen molar-refractivity contribution in [2.45, 2.75) is 53.6 Å². The van der Waals surface area contributed by atoms with Crippen molar-refractivity contribution in [3.8, 4) is 11.4 Å². The van der Waals surface area contributed by atoms with Crippen molar-refractivity contribution in [1.29, 1.82) is 0 Å². The number of nitrogens with zero attached hydrogens (tertiary/aromatic N) is 5. The van der Waals surface area contributed by atoms with Gasteiger partial charge in [0.05, 0.1) is 13.1 Å². The van der Waals surface area contributed by atoms with Gasteiger partial charge in [0, 0.05) is 44.9 Å². The van der Waals surface area contributed by atoms with Crippen molar-refractivity contribution in [2.75, 3.05) is 31.6 Å². The lowest BCUT2D eigenvalue weighted by atomic mass is 10.1. The fraction of sp³-hybridized carbons (Fsp3) is 0.448. The maximum Gasteiger partial charge on any atom is 0.256 e. The number of anilines is 1. The van der Waals surface area contributed by atoms with Gasteiger partial charge in [-0.25, -0.2) is 5.01 Å². The van der Waals surface area contributed by atoms with Crippen LogP contribution in [0.2, 0.25) is 0 Å². The number of aryl methyl sites for hydroxylation is 2. The Morgan fingerprint density at radius 2 is 1.79 bits per heavy atom. The molecule has 0 saturated heterocycles. The van der Waals surface area contributed by atoms with Crippen molar-refractivity contribution >= 4 is 17.5 Å². The van der Waals surface area contributed by atoms with E-state index in [0.717, 1.165) is 29.7 Å². The highest BCUT2D eigenvalue weighted by atomic mass is 16.5. The van der Waals surface area contributed by atoms with Crippen LogP contribution in [-0.4, -0.2) is 58.7 Å². The second-order valence-corrected chi connectivity index (χ2v) is 10.4. The van der Waals surface area contributed by atoms with E-state index in [1.165, 1.54) is 11.1 Å². The average Bonchev–Trinajstić information content (AvgIpc) is 3.52. The number of benzene rings is 2. The van der Waals surface area contributed by atoms with E-state index >= 15 is 0 Å². The van der Waals surface area contributed by atoms with Crippen LogP contribution in [0.4, 0.5) is 5.69 Å². The Morgan fingerprint density at radius 1 is 1.08 bits per heavy atom. The first-order valence-corrected chi connectivity index (χ1v) is 13.2. The fourth-order valence-corrected chi connectivity index (χ4v) is 4.71. The zero-order valence-corrected chi connectivity index (χ0v) is 23.0. The minimum absolute atomic E-state index is 0.0737. The van der Waals surface area contributed by atoms with Gasteiger partial charge in [0.2, 0.25) is 17.6 Å². The van der Waals surface area contributed by atoms with Crippen LogP contribution in [0.1, 0.15) is 49.3 Å². The molecular weight excluding hydrogens is 480 g/mol. The van der Waals surface area contributed by atoms with Gasteiger partial charge in [-0.3, -0.25) is 14.6 Å². The van der Waals surface area contributed by atoms with Crippen molar-refractivity contribution in [3.63, 3.8) is 0 Å². The molecule has 1 aliphatic heterocycles. The van der Waals surface area contributed by atoms with Gasteiger partial charge in [-0.05, 0) is 60.6 Å². The molecule has 4 rings (SSSR count). The number of fused-ring (bicyclic) bond motifs is 1. The molecule has 0 fully saturated rings. The van der Waals surface area contributed by atoms with Gasteiger partial charge < -0.3 is 14.7 Å². The van der Waals surface area contributed by atoms with Crippen molar-refractivity contribution in [1.82, 2.24) is 25.5 Å². The Labute approximate surface area is 224 Å². The predicted molar refractivity (Wildman–Crippen MR) is 147 cm³/mol. The molecule has 0 unspecified atom stereocenters. The molecule has 2 aromatic carbocycles. The third kappa shape index (κ3) is 6.77. The summed E-state index contributed by atoms with van der Waals surface area (Å²) in [6.45, 7) is 10.2. The van der Waals surface area contributed by atoms with E-state index in [1.807, 2.05) is 47.2 Å². The number of carbonyl (C=O) groups is 2. The normalized spacial score (nSPS) is 13.0. The van der Waals surface area contributed by atoms with Gasteiger partial charge in [-0.1, -0.05) is 43.3 Å². The molecule has 0 bridgehead atoms. The maximum absolute atomic E-state index is 13.5. The largest absolute Gasteiger partial charge is 0.355 e. The number of hydrogen-bond acceptors (Lipinski definition) is 7.